The van der Waals surface area contributed by atoms with Gasteiger partial charge in [-0.2, -0.15) is 0 Å². The van der Waals surface area contributed by atoms with E-state index in [4.69, 9.17) is 17.3 Å². The van der Waals surface area contributed by atoms with Crippen molar-refractivity contribution in [3.8, 4) is 0 Å². The van der Waals surface area contributed by atoms with E-state index in [2.05, 4.69) is 10.2 Å². The summed E-state index contributed by atoms with van der Waals surface area (Å²) in [6, 6.07) is 9.04. The fourth-order valence-corrected chi connectivity index (χ4v) is 1.78. The second-order valence-electron chi connectivity index (χ2n) is 4.09. The van der Waals surface area contributed by atoms with Crippen molar-refractivity contribution in [1.82, 2.24) is 0 Å². The summed E-state index contributed by atoms with van der Waals surface area (Å²) in [5.41, 5.74) is 8.00. The van der Waals surface area contributed by atoms with E-state index in [9.17, 15) is 0 Å². The number of pyridine rings is 1. The average molecular weight is 262 g/mol. The van der Waals surface area contributed by atoms with Crippen LogP contribution in [0.15, 0.2) is 46.8 Å². The van der Waals surface area contributed by atoms with Gasteiger partial charge in [-0.1, -0.05) is 11.6 Å². The number of hydrogen-bond donors (Lipinski definition) is 1. The van der Waals surface area contributed by atoms with Gasteiger partial charge in [-0.3, -0.25) is 0 Å². The number of azo groups is 1. The van der Waals surface area contributed by atoms with E-state index in [1.54, 1.807) is 18.2 Å². The first-order chi connectivity index (χ1) is 8.56. The number of aryl methyl sites for hydroxylation is 2. The van der Waals surface area contributed by atoms with Gasteiger partial charge in [-0.25, -0.2) is 4.57 Å². The molecule has 0 spiro atoms. The monoisotopic (exact) mass is 261 g/mol. The Labute approximate surface area is 111 Å². The molecule has 5 heteroatoms. The SMILES string of the molecule is Cc1ccc(N=Nc2ccc(N)cc2Cl)[n+](C)c1. The molecule has 2 rings (SSSR count). The van der Waals surface area contributed by atoms with Gasteiger partial charge in [0.2, 0.25) is 0 Å². The summed E-state index contributed by atoms with van der Waals surface area (Å²) in [5, 5.41) is 8.79. The fourth-order valence-electron chi connectivity index (χ4n) is 1.55. The molecular weight excluding hydrogens is 248 g/mol. The van der Waals surface area contributed by atoms with Gasteiger partial charge in [0, 0.05) is 11.8 Å². The maximum Gasteiger partial charge on any atom is 0.350 e. The molecule has 0 unspecified atom stereocenters. The molecule has 2 aromatic rings. The Morgan fingerprint density at radius 3 is 2.61 bits per heavy atom. The van der Waals surface area contributed by atoms with Crippen molar-refractivity contribution < 1.29 is 4.57 Å². The van der Waals surface area contributed by atoms with Crippen LogP contribution in [-0.4, -0.2) is 0 Å². The predicted octanol–water partition coefficient (Wildman–Crippen LogP) is 3.47. The second kappa shape index (κ2) is 5.14. The van der Waals surface area contributed by atoms with Crippen LogP contribution in [0.1, 0.15) is 5.56 Å². The van der Waals surface area contributed by atoms with Crippen LogP contribution >= 0.6 is 11.6 Å². The molecule has 4 nitrogen and oxygen atoms in total. The van der Waals surface area contributed by atoms with Crippen LogP contribution in [0, 0.1) is 6.92 Å². The topological polar surface area (TPSA) is 54.6 Å². The van der Waals surface area contributed by atoms with Crippen LogP contribution < -0.4 is 10.3 Å². The molecule has 92 valence electrons. The van der Waals surface area contributed by atoms with Gasteiger partial charge in [-0.15, -0.1) is 0 Å². The van der Waals surface area contributed by atoms with Crippen molar-refractivity contribution >= 4 is 28.8 Å². The lowest BCUT2D eigenvalue weighted by atomic mass is 10.3. The van der Waals surface area contributed by atoms with Gasteiger partial charge >= 0.3 is 5.82 Å². The summed E-state index contributed by atoms with van der Waals surface area (Å²) in [4.78, 5) is 0. The number of halogens is 1. The summed E-state index contributed by atoms with van der Waals surface area (Å²) in [7, 11) is 1.92. The molecule has 0 saturated carbocycles. The Hall–Kier alpha value is -1.94. The van der Waals surface area contributed by atoms with Gasteiger partial charge in [0.05, 0.1) is 23.4 Å². The minimum absolute atomic E-state index is 0.494. The van der Waals surface area contributed by atoms with E-state index < -0.39 is 0 Å². The third-order valence-electron chi connectivity index (χ3n) is 2.49. The van der Waals surface area contributed by atoms with E-state index in [-0.39, 0.29) is 0 Å². The maximum atomic E-state index is 6.02. The Kier molecular flexibility index (Phi) is 3.58. The molecule has 1 aromatic heterocycles. The van der Waals surface area contributed by atoms with E-state index in [0.29, 0.717) is 16.4 Å². The number of nitrogens with zero attached hydrogens (tertiary/aromatic N) is 3. The largest absolute Gasteiger partial charge is 0.399 e. The average Bonchev–Trinajstić information content (AvgIpc) is 2.30. The van der Waals surface area contributed by atoms with Gasteiger partial charge < -0.3 is 5.73 Å². The van der Waals surface area contributed by atoms with E-state index in [0.717, 1.165) is 5.82 Å². The summed E-state index contributed by atoms with van der Waals surface area (Å²) >= 11 is 6.02. The molecule has 0 saturated heterocycles. The van der Waals surface area contributed by atoms with Gasteiger partial charge in [0.1, 0.15) is 5.69 Å². The molecule has 0 aliphatic rings. The Morgan fingerprint density at radius 1 is 1.17 bits per heavy atom. The minimum atomic E-state index is 0.494. The normalized spacial score (nSPS) is 11.1. The number of anilines is 1. The number of hydrogen-bond acceptors (Lipinski definition) is 3. The quantitative estimate of drug-likeness (QED) is 0.502. The van der Waals surface area contributed by atoms with Crippen LogP contribution in [0.5, 0.6) is 0 Å². The highest BCUT2D eigenvalue weighted by Crippen LogP contribution is 2.27. The predicted molar refractivity (Wildman–Crippen MR) is 72.4 cm³/mol. The molecule has 0 aliphatic heterocycles. The molecule has 0 radical (unpaired) electrons. The summed E-state index contributed by atoms with van der Waals surface area (Å²) in [6.45, 7) is 2.03. The number of nitrogen functional groups attached to an aromatic ring is 1. The molecule has 0 fully saturated rings. The first-order valence-electron chi connectivity index (χ1n) is 5.49. The van der Waals surface area contributed by atoms with Crippen molar-refractivity contribution in [1.29, 1.82) is 0 Å². The molecule has 2 N–H and O–H groups in total. The Balaban J connectivity index is 2.30. The van der Waals surface area contributed by atoms with E-state index >= 15 is 0 Å². The van der Waals surface area contributed by atoms with E-state index in [1.165, 1.54) is 5.56 Å². The Bertz CT molecular complexity index is 554. The zero-order valence-corrected chi connectivity index (χ0v) is 11.0. The second-order valence-corrected chi connectivity index (χ2v) is 4.49. The first-order valence-corrected chi connectivity index (χ1v) is 5.87. The van der Waals surface area contributed by atoms with Crippen LogP contribution in [0.4, 0.5) is 17.2 Å². The van der Waals surface area contributed by atoms with Crippen molar-refractivity contribution in [2.75, 3.05) is 5.73 Å². The number of nitrogens with two attached hydrogens (primary N) is 1. The summed E-state index contributed by atoms with van der Waals surface area (Å²) < 4.78 is 1.91. The van der Waals surface area contributed by atoms with Gasteiger partial charge in [0.15, 0.2) is 0 Å². The molecular formula is C13H14ClN4+. The number of rotatable bonds is 2. The highest BCUT2D eigenvalue weighted by atomic mass is 35.5. The third kappa shape index (κ3) is 2.84. The molecule has 0 amide bonds. The van der Waals surface area contributed by atoms with Crippen LogP contribution in [0.2, 0.25) is 5.02 Å². The molecule has 1 heterocycles. The summed E-state index contributed by atoms with van der Waals surface area (Å²) in [6.07, 6.45) is 1.99. The zero-order chi connectivity index (χ0) is 13.1. The molecule has 0 aliphatic carbocycles. The van der Waals surface area contributed by atoms with Crippen molar-refractivity contribution in [3.05, 3.63) is 47.1 Å². The summed E-state index contributed by atoms with van der Waals surface area (Å²) in [5.74, 6) is 0.758. The molecule has 0 bridgehead atoms. The highest BCUT2D eigenvalue weighted by Gasteiger charge is 2.07. The molecule has 18 heavy (non-hydrogen) atoms. The van der Waals surface area contributed by atoms with Crippen molar-refractivity contribution in [3.63, 3.8) is 0 Å². The van der Waals surface area contributed by atoms with E-state index in [1.807, 2.05) is 36.9 Å². The standard InChI is InChI=1S/C13H13ClN4/c1-9-3-6-13(18(2)8-9)17-16-12-5-4-10(15)7-11(12)14/h3-8,15H,1-2H3/p+1. The number of aromatic nitrogens is 1. The van der Waals surface area contributed by atoms with Crippen molar-refractivity contribution in [2.24, 2.45) is 17.3 Å². The third-order valence-corrected chi connectivity index (χ3v) is 2.79. The smallest absolute Gasteiger partial charge is 0.350 e. The molecule has 1 aromatic carbocycles. The maximum absolute atomic E-state index is 6.02. The molecule has 0 atom stereocenters. The first kappa shape index (κ1) is 12.5. The van der Waals surface area contributed by atoms with Crippen molar-refractivity contribution in [2.45, 2.75) is 6.92 Å². The van der Waals surface area contributed by atoms with Gasteiger partial charge in [-0.05, 0) is 41.9 Å². The van der Waals surface area contributed by atoms with Crippen LogP contribution in [0.25, 0.3) is 0 Å². The lowest BCUT2D eigenvalue weighted by Crippen LogP contribution is -2.27. The van der Waals surface area contributed by atoms with Crippen LogP contribution in [0.3, 0.4) is 0 Å². The van der Waals surface area contributed by atoms with Crippen LogP contribution in [-0.2, 0) is 7.05 Å². The minimum Gasteiger partial charge on any atom is -0.399 e. The number of benzene rings is 1. The fraction of sp³-hybridized carbons (Fsp3) is 0.154. The lowest BCUT2D eigenvalue weighted by Gasteiger charge is -1.96. The highest BCUT2D eigenvalue weighted by molar-refractivity contribution is 6.33. The Morgan fingerprint density at radius 2 is 1.94 bits per heavy atom. The lowest BCUT2D eigenvalue weighted by molar-refractivity contribution is -0.658. The zero-order valence-electron chi connectivity index (χ0n) is 10.3. The van der Waals surface area contributed by atoms with Gasteiger partial charge in [0.25, 0.3) is 0 Å².